The van der Waals surface area contributed by atoms with Gasteiger partial charge in [0.05, 0.1) is 6.10 Å². The third-order valence-corrected chi connectivity index (χ3v) is 3.32. The van der Waals surface area contributed by atoms with Crippen molar-refractivity contribution in [1.29, 1.82) is 0 Å². The Bertz CT molecular complexity index is 140. The highest BCUT2D eigenvalue weighted by Crippen LogP contribution is 2.25. The van der Waals surface area contributed by atoms with Crippen LogP contribution in [0.1, 0.15) is 38.5 Å². The molecule has 3 heteroatoms. The van der Waals surface area contributed by atoms with Crippen molar-refractivity contribution in [2.75, 3.05) is 19.7 Å². The van der Waals surface area contributed by atoms with E-state index >= 15 is 0 Å². The number of rotatable bonds is 2. The lowest BCUT2D eigenvalue weighted by Gasteiger charge is -2.17. The molecule has 84 valence electrons. The topological polar surface area (TPSA) is 21.3 Å². The standard InChI is InChI=1S/C11H21NO.ClH/c1-3-10(5-7-12-6-1)9-11-4-2-8-13-11;/h10-12H,1-9H2;1H. The molecular formula is C11H22ClNO. The molecule has 2 aliphatic rings. The molecule has 0 spiro atoms. The van der Waals surface area contributed by atoms with Crippen LogP contribution in [-0.4, -0.2) is 25.8 Å². The fourth-order valence-electron chi connectivity index (χ4n) is 2.53. The zero-order valence-corrected chi connectivity index (χ0v) is 9.65. The van der Waals surface area contributed by atoms with Gasteiger partial charge in [-0.1, -0.05) is 0 Å². The smallest absolute Gasteiger partial charge is 0.0578 e. The van der Waals surface area contributed by atoms with Crippen LogP contribution >= 0.6 is 12.4 Å². The van der Waals surface area contributed by atoms with Gasteiger partial charge in [-0.25, -0.2) is 0 Å². The first-order valence-electron chi connectivity index (χ1n) is 5.77. The molecule has 2 rings (SSSR count). The van der Waals surface area contributed by atoms with E-state index in [9.17, 15) is 0 Å². The Morgan fingerprint density at radius 3 is 2.79 bits per heavy atom. The van der Waals surface area contributed by atoms with Crippen molar-refractivity contribution in [3.8, 4) is 0 Å². The van der Waals surface area contributed by atoms with Gasteiger partial charge < -0.3 is 10.1 Å². The molecule has 0 radical (unpaired) electrons. The maximum atomic E-state index is 5.68. The molecule has 0 aromatic heterocycles. The molecule has 2 atom stereocenters. The minimum Gasteiger partial charge on any atom is -0.378 e. The Hall–Kier alpha value is 0.210. The summed E-state index contributed by atoms with van der Waals surface area (Å²) >= 11 is 0. The Morgan fingerprint density at radius 2 is 2.00 bits per heavy atom. The molecule has 2 fully saturated rings. The first-order valence-corrected chi connectivity index (χ1v) is 5.77. The third-order valence-electron chi connectivity index (χ3n) is 3.32. The number of halogens is 1. The van der Waals surface area contributed by atoms with Gasteiger partial charge >= 0.3 is 0 Å². The summed E-state index contributed by atoms with van der Waals surface area (Å²) < 4.78 is 5.68. The summed E-state index contributed by atoms with van der Waals surface area (Å²) in [6.07, 6.45) is 8.65. The molecule has 0 saturated carbocycles. The van der Waals surface area contributed by atoms with Crippen molar-refractivity contribution >= 4 is 12.4 Å². The van der Waals surface area contributed by atoms with Crippen LogP contribution in [0, 0.1) is 5.92 Å². The minimum atomic E-state index is 0. The van der Waals surface area contributed by atoms with Crippen LogP contribution in [0.25, 0.3) is 0 Å². The lowest BCUT2D eigenvalue weighted by Crippen LogP contribution is -2.16. The summed E-state index contributed by atoms with van der Waals surface area (Å²) in [6.45, 7) is 3.45. The SMILES string of the molecule is C1CNCCC(CC2CCCO2)C1.Cl. The van der Waals surface area contributed by atoms with Crippen LogP contribution < -0.4 is 5.32 Å². The second-order valence-electron chi connectivity index (χ2n) is 4.42. The van der Waals surface area contributed by atoms with E-state index in [0.717, 1.165) is 12.5 Å². The van der Waals surface area contributed by atoms with Crippen LogP contribution in [0.3, 0.4) is 0 Å². The second-order valence-corrected chi connectivity index (χ2v) is 4.42. The van der Waals surface area contributed by atoms with Gasteiger partial charge in [0.15, 0.2) is 0 Å². The summed E-state index contributed by atoms with van der Waals surface area (Å²) in [5, 5.41) is 3.46. The van der Waals surface area contributed by atoms with Crippen molar-refractivity contribution in [2.45, 2.75) is 44.6 Å². The van der Waals surface area contributed by atoms with Gasteiger partial charge in [-0.2, -0.15) is 0 Å². The summed E-state index contributed by atoms with van der Waals surface area (Å²) in [7, 11) is 0. The van der Waals surface area contributed by atoms with Crippen LogP contribution in [0.4, 0.5) is 0 Å². The fourth-order valence-corrected chi connectivity index (χ4v) is 2.53. The highest BCUT2D eigenvalue weighted by Gasteiger charge is 2.21. The summed E-state index contributed by atoms with van der Waals surface area (Å²) in [6, 6.07) is 0. The predicted octanol–water partition coefficient (Wildman–Crippen LogP) is 2.37. The van der Waals surface area contributed by atoms with Gasteiger partial charge in [0, 0.05) is 6.61 Å². The van der Waals surface area contributed by atoms with Crippen LogP contribution in [0.15, 0.2) is 0 Å². The van der Waals surface area contributed by atoms with Gasteiger partial charge in [0.1, 0.15) is 0 Å². The highest BCUT2D eigenvalue weighted by atomic mass is 35.5. The van der Waals surface area contributed by atoms with E-state index < -0.39 is 0 Å². The van der Waals surface area contributed by atoms with E-state index in [2.05, 4.69) is 5.32 Å². The van der Waals surface area contributed by atoms with E-state index in [1.807, 2.05) is 0 Å². The van der Waals surface area contributed by atoms with E-state index in [0.29, 0.717) is 6.10 Å². The number of ether oxygens (including phenoxy) is 1. The summed E-state index contributed by atoms with van der Waals surface area (Å²) in [4.78, 5) is 0. The van der Waals surface area contributed by atoms with Crippen molar-refractivity contribution in [2.24, 2.45) is 5.92 Å². The molecule has 0 aromatic carbocycles. The Kier molecular flexibility index (Phi) is 5.83. The molecule has 0 aromatic rings. The molecule has 0 aliphatic carbocycles. The van der Waals surface area contributed by atoms with Crippen molar-refractivity contribution in [3.63, 3.8) is 0 Å². The molecule has 14 heavy (non-hydrogen) atoms. The third kappa shape index (κ3) is 3.76. The van der Waals surface area contributed by atoms with Crippen LogP contribution in [-0.2, 0) is 4.74 Å². The largest absolute Gasteiger partial charge is 0.378 e. The Morgan fingerprint density at radius 1 is 1.07 bits per heavy atom. The fraction of sp³-hybridized carbons (Fsp3) is 1.00. The number of hydrogen-bond donors (Lipinski definition) is 1. The second kappa shape index (κ2) is 6.65. The average Bonchev–Trinajstić information content (AvgIpc) is 2.49. The van der Waals surface area contributed by atoms with Crippen LogP contribution in [0.5, 0.6) is 0 Å². The van der Waals surface area contributed by atoms with E-state index in [-0.39, 0.29) is 12.4 Å². The lowest BCUT2D eigenvalue weighted by molar-refractivity contribution is 0.0876. The van der Waals surface area contributed by atoms with Crippen molar-refractivity contribution < 1.29 is 4.74 Å². The molecule has 2 nitrogen and oxygen atoms in total. The maximum absolute atomic E-state index is 5.68. The quantitative estimate of drug-likeness (QED) is 0.770. The maximum Gasteiger partial charge on any atom is 0.0578 e. The van der Waals surface area contributed by atoms with Crippen molar-refractivity contribution in [3.05, 3.63) is 0 Å². The predicted molar refractivity (Wildman–Crippen MR) is 61.0 cm³/mol. The van der Waals surface area contributed by atoms with Gasteiger partial charge in [-0.3, -0.25) is 0 Å². The van der Waals surface area contributed by atoms with E-state index in [1.165, 1.54) is 51.6 Å². The van der Waals surface area contributed by atoms with Gasteiger partial charge in [0.2, 0.25) is 0 Å². The van der Waals surface area contributed by atoms with Gasteiger partial charge in [0.25, 0.3) is 0 Å². The zero-order valence-electron chi connectivity index (χ0n) is 8.84. The number of nitrogens with one attached hydrogen (secondary N) is 1. The summed E-state index contributed by atoms with van der Waals surface area (Å²) in [5.74, 6) is 0.929. The minimum absolute atomic E-state index is 0. The van der Waals surface area contributed by atoms with Crippen LogP contribution in [0.2, 0.25) is 0 Å². The molecule has 1 N–H and O–H groups in total. The van der Waals surface area contributed by atoms with Gasteiger partial charge in [-0.15, -0.1) is 12.4 Å². The average molecular weight is 220 g/mol. The Balaban J connectivity index is 0.000000980. The Labute approximate surface area is 93.2 Å². The highest BCUT2D eigenvalue weighted by molar-refractivity contribution is 5.85. The first-order chi connectivity index (χ1) is 6.45. The molecule has 2 heterocycles. The van der Waals surface area contributed by atoms with Crippen molar-refractivity contribution in [1.82, 2.24) is 5.32 Å². The molecule has 2 unspecified atom stereocenters. The number of hydrogen-bond acceptors (Lipinski definition) is 2. The normalized spacial score (nSPS) is 33.4. The first kappa shape index (κ1) is 12.3. The van der Waals surface area contributed by atoms with E-state index in [1.54, 1.807) is 0 Å². The molecule has 0 bridgehead atoms. The molecular weight excluding hydrogens is 198 g/mol. The molecule has 0 amide bonds. The molecule has 2 aliphatic heterocycles. The lowest BCUT2D eigenvalue weighted by atomic mass is 9.93. The zero-order chi connectivity index (χ0) is 8.93. The van der Waals surface area contributed by atoms with Gasteiger partial charge in [-0.05, 0) is 57.5 Å². The van der Waals surface area contributed by atoms with E-state index in [4.69, 9.17) is 4.74 Å². The molecule has 2 saturated heterocycles. The summed E-state index contributed by atoms with van der Waals surface area (Å²) in [5.41, 5.74) is 0. The monoisotopic (exact) mass is 219 g/mol.